The summed E-state index contributed by atoms with van der Waals surface area (Å²) in [5.41, 5.74) is 6.49. The lowest BCUT2D eigenvalue weighted by molar-refractivity contribution is 0.0938. The normalized spacial score (nSPS) is 9.81. The summed E-state index contributed by atoms with van der Waals surface area (Å²) in [6.07, 6.45) is 0. The summed E-state index contributed by atoms with van der Waals surface area (Å²) in [5, 5.41) is 3.12. The van der Waals surface area contributed by atoms with Crippen LogP contribution in [0.3, 0.4) is 0 Å². The van der Waals surface area contributed by atoms with Crippen molar-refractivity contribution < 1.29 is 9.59 Å². The number of benzene rings is 2. The van der Waals surface area contributed by atoms with E-state index in [-0.39, 0.29) is 0 Å². The third kappa shape index (κ3) is 4.22. The van der Waals surface area contributed by atoms with Gasteiger partial charge in [0.05, 0.1) is 0 Å². The zero-order valence-electron chi connectivity index (χ0n) is 11.3. The smallest absolute Gasteiger partial charge is 0.307 e. The Morgan fingerprint density at radius 3 is 2.38 bits per heavy atom. The number of nitrogens with one attached hydrogen (secondary N) is 3. The van der Waals surface area contributed by atoms with Crippen molar-refractivity contribution in [3.05, 3.63) is 64.7 Å². The molecule has 0 atom stereocenters. The van der Waals surface area contributed by atoms with E-state index >= 15 is 0 Å². The second kappa shape index (κ2) is 6.76. The van der Waals surface area contributed by atoms with Crippen molar-refractivity contribution in [3.63, 3.8) is 0 Å². The van der Waals surface area contributed by atoms with E-state index < -0.39 is 11.9 Å². The van der Waals surface area contributed by atoms with Crippen LogP contribution in [0.15, 0.2) is 48.5 Å². The van der Waals surface area contributed by atoms with Gasteiger partial charge in [-0.2, -0.15) is 0 Å². The summed E-state index contributed by atoms with van der Waals surface area (Å²) < 4.78 is 0. The van der Waals surface area contributed by atoms with Crippen LogP contribution >= 0.6 is 11.6 Å². The maximum absolute atomic E-state index is 11.7. The van der Waals surface area contributed by atoms with E-state index in [4.69, 9.17) is 11.6 Å². The summed E-state index contributed by atoms with van der Waals surface area (Å²) >= 11 is 5.96. The number of anilines is 1. The second-order valence-corrected chi connectivity index (χ2v) is 4.77. The van der Waals surface area contributed by atoms with Crippen LogP contribution in [0.5, 0.6) is 0 Å². The first-order valence-electron chi connectivity index (χ1n) is 6.25. The maximum Gasteiger partial charge on any atom is 0.337 e. The molecule has 0 unspecified atom stereocenters. The molecule has 0 fully saturated rings. The molecule has 2 rings (SSSR count). The van der Waals surface area contributed by atoms with Gasteiger partial charge in [0, 0.05) is 16.3 Å². The van der Waals surface area contributed by atoms with Gasteiger partial charge in [0.2, 0.25) is 0 Å². The summed E-state index contributed by atoms with van der Waals surface area (Å²) in [7, 11) is 0. The first-order chi connectivity index (χ1) is 10.1. The number of aryl methyl sites for hydroxylation is 1. The van der Waals surface area contributed by atoms with Crippen LogP contribution in [-0.4, -0.2) is 11.9 Å². The molecule has 0 aliphatic rings. The van der Waals surface area contributed by atoms with Crippen molar-refractivity contribution in [1.82, 2.24) is 10.9 Å². The largest absolute Gasteiger partial charge is 0.337 e. The van der Waals surface area contributed by atoms with Gasteiger partial charge in [-0.1, -0.05) is 35.9 Å². The van der Waals surface area contributed by atoms with E-state index in [2.05, 4.69) is 16.2 Å². The zero-order chi connectivity index (χ0) is 15.2. The predicted molar refractivity (Wildman–Crippen MR) is 82.3 cm³/mol. The van der Waals surface area contributed by atoms with E-state index in [1.807, 2.05) is 6.92 Å². The molecule has 0 bridgehead atoms. The van der Waals surface area contributed by atoms with Crippen LogP contribution in [0.1, 0.15) is 15.9 Å². The van der Waals surface area contributed by atoms with E-state index in [9.17, 15) is 9.59 Å². The minimum Gasteiger partial charge on any atom is -0.307 e. The van der Waals surface area contributed by atoms with Gasteiger partial charge in [-0.3, -0.25) is 10.2 Å². The molecule has 0 aliphatic carbocycles. The van der Waals surface area contributed by atoms with Gasteiger partial charge in [-0.15, -0.1) is 0 Å². The lowest BCUT2D eigenvalue weighted by atomic mass is 10.2. The Kier molecular flexibility index (Phi) is 4.79. The summed E-state index contributed by atoms with van der Waals surface area (Å²) in [5.74, 6) is -0.396. The summed E-state index contributed by atoms with van der Waals surface area (Å²) in [6.45, 7) is 1.87. The average Bonchev–Trinajstić information content (AvgIpc) is 2.49. The van der Waals surface area contributed by atoms with Crippen LogP contribution < -0.4 is 16.2 Å². The number of amides is 3. The topological polar surface area (TPSA) is 70.2 Å². The molecular formula is C15H14ClN3O2. The number of carbonyl (C=O) groups is 2. The van der Waals surface area contributed by atoms with Gasteiger partial charge in [-0.05, 0) is 36.8 Å². The van der Waals surface area contributed by atoms with Crippen LogP contribution in [-0.2, 0) is 0 Å². The lowest BCUT2D eigenvalue weighted by Gasteiger charge is -2.09. The zero-order valence-corrected chi connectivity index (χ0v) is 12.1. The fourth-order valence-corrected chi connectivity index (χ4v) is 1.79. The molecule has 0 saturated carbocycles. The first kappa shape index (κ1) is 14.9. The SMILES string of the molecule is Cc1ccc(NC(=O)NNC(=O)c2ccccc2)cc1Cl. The summed E-state index contributed by atoms with van der Waals surface area (Å²) in [4.78, 5) is 23.4. The highest BCUT2D eigenvalue weighted by Gasteiger charge is 2.07. The maximum atomic E-state index is 11.7. The Morgan fingerprint density at radius 1 is 1.00 bits per heavy atom. The molecule has 0 saturated heterocycles. The Balaban J connectivity index is 1.87. The standard InChI is InChI=1S/C15H14ClN3O2/c1-10-7-8-12(9-13(10)16)17-15(21)19-18-14(20)11-5-3-2-4-6-11/h2-9H,1H3,(H,18,20)(H2,17,19,21). The van der Waals surface area contributed by atoms with Gasteiger partial charge < -0.3 is 5.32 Å². The van der Waals surface area contributed by atoms with Gasteiger partial charge in [0.25, 0.3) is 5.91 Å². The second-order valence-electron chi connectivity index (χ2n) is 4.36. The predicted octanol–water partition coefficient (Wildman–Crippen LogP) is 3.11. The molecule has 5 nitrogen and oxygen atoms in total. The van der Waals surface area contributed by atoms with Crippen molar-refractivity contribution in [2.24, 2.45) is 0 Å². The Labute approximate surface area is 127 Å². The Bertz CT molecular complexity index is 659. The number of urea groups is 1. The molecule has 108 valence electrons. The average molecular weight is 304 g/mol. The van der Waals surface area contributed by atoms with E-state index in [0.29, 0.717) is 16.3 Å². The van der Waals surface area contributed by atoms with E-state index in [0.717, 1.165) is 5.56 Å². The van der Waals surface area contributed by atoms with Crippen molar-refractivity contribution in [2.45, 2.75) is 6.92 Å². The van der Waals surface area contributed by atoms with Gasteiger partial charge >= 0.3 is 6.03 Å². The Hall–Kier alpha value is -2.53. The van der Waals surface area contributed by atoms with E-state index in [1.165, 1.54) is 0 Å². The molecule has 0 radical (unpaired) electrons. The number of hydrogen-bond donors (Lipinski definition) is 3. The number of hydrogen-bond acceptors (Lipinski definition) is 2. The first-order valence-corrected chi connectivity index (χ1v) is 6.62. The highest BCUT2D eigenvalue weighted by molar-refractivity contribution is 6.31. The monoisotopic (exact) mass is 303 g/mol. The van der Waals surface area contributed by atoms with Crippen molar-refractivity contribution in [1.29, 1.82) is 0 Å². The fourth-order valence-electron chi connectivity index (χ4n) is 1.61. The van der Waals surface area contributed by atoms with Crippen LogP contribution in [0.25, 0.3) is 0 Å². The number of halogens is 1. The fraction of sp³-hybridized carbons (Fsp3) is 0.0667. The van der Waals surface area contributed by atoms with Crippen molar-refractivity contribution in [3.8, 4) is 0 Å². The molecule has 0 spiro atoms. The highest BCUT2D eigenvalue weighted by Crippen LogP contribution is 2.19. The molecule has 0 heterocycles. The van der Waals surface area contributed by atoms with Gasteiger partial charge in [0.1, 0.15) is 0 Å². The highest BCUT2D eigenvalue weighted by atomic mass is 35.5. The molecular weight excluding hydrogens is 290 g/mol. The number of carbonyl (C=O) groups excluding carboxylic acids is 2. The number of rotatable bonds is 2. The molecule has 6 heteroatoms. The Morgan fingerprint density at radius 2 is 1.71 bits per heavy atom. The third-order valence-electron chi connectivity index (χ3n) is 2.76. The molecule has 2 aromatic carbocycles. The summed E-state index contributed by atoms with van der Waals surface area (Å²) in [6, 6.07) is 13.2. The minimum atomic E-state index is -0.556. The van der Waals surface area contributed by atoms with Crippen LogP contribution in [0.2, 0.25) is 5.02 Å². The van der Waals surface area contributed by atoms with Crippen LogP contribution in [0, 0.1) is 6.92 Å². The molecule has 0 aromatic heterocycles. The van der Waals surface area contributed by atoms with Crippen molar-refractivity contribution >= 4 is 29.2 Å². The van der Waals surface area contributed by atoms with E-state index in [1.54, 1.807) is 48.5 Å². The molecule has 3 amide bonds. The molecule has 2 aromatic rings. The molecule has 0 aliphatic heterocycles. The lowest BCUT2D eigenvalue weighted by Crippen LogP contribution is -2.43. The van der Waals surface area contributed by atoms with Crippen molar-refractivity contribution in [2.75, 3.05) is 5.32 Å². The van der Waals surface area contributed by atoms with Crippen LogP contribution in [0.4, 0.5) is 10.5 Å². The molecule has 3 N–H and O–H groups in total. The quantitative estimate of drug-likeness (QED) is 0.746. The van der Waals surface area contributed by atoms with Gasteiger partial charge in [-0.25, -0.2) is 10.2 Å². The molecule has 21 heavy (non-hydrogen) atoms. The van der Waals surface area contributed by atoms with Gasteiger partial charge in [0.15, 0.2) is 0 Å². The number of hydrazine groups is 1. The minimum absolute atomic E-state index is 0.396. The third-order valence-corrected chi connectivity index (χ3v) is 3.16.